The smallest absolute Gasteiger partial charge is 0.238 e. The van der Waals surface area contributed by atoms with E-state index in [1.54, 1.807) is 17.1 Å². The zero-order valence-corrected chi connectivity index (χ0v) is 14.9. The zero-order chi connectivity index (χ0) is 18.9. The number of para-hydroxylation sites is 1. The van der Waals surface area contributed by atoms with Gasteiger partial charge in [0.2, 0.25) is 5.91 Å². The van der Waals surface area contributed by atoms with Crippen molar-refractivity contribution >= 4 is 22.5 Å². The number of carbonyl (C=O) groups excluding carboxylic acids is 1. The number of fused-ring (bicyclic) bond motifs is 2. The number of anilines is 1. The summed E-state index contributed by atoms with van der Waals surface area (Å²) in [5.41, 5.74) is 3.40. The molecule has 7 heteroatoms. The first-order valence-electron chi connectivity index (χ1n) is 9.05. The highest BCUT2D eigenvalue weighted by Gasteiger charge is 2.32. The Balaban J connectivity index is 1.38. The van der Waals surface area contributed by atoms with Crippen molar-refractivity contribution < 1.29 is 9.53 Å². The Morgan fingerprint density at radius 2 is 2.04 bits per heavy atom. The number of pyridine rings is 1. The molecule has 5 rings (SSSR count). The van der Waals surface area contributed by atoms with Crippen molar-refractivity contribution in [2.45, 2.75) is 12.5 Å². The van der Waals surface area contributed by atoms with Crippen molar-refractivity contribution in [2.24, 2.45) is 0 Å². The first-order valence-corrected chi connectivity index (χ1v) is 9.05. The predicted octanol–water partition coefficient (Wildman–Crippen LogP) is 2.99. The highest BCUT2D eigenvalue weighted by molar-refractivity contribution is 6.05. The van der Waals surface area contributed by atoms with Crippen molar-refractivity contribution in [3.05, 3.63) is 78.2 Å². The minimum atomic E-state index is -0.376. The van der Waals surface area contributed by atoms with E-state index in [0.717, 1.165) is 33.6 Å². The molecule has 138 valence electrons. The molecule has 4 aromatic rings. The van der Waals surface area contributed by atoms with Gasteiger partial charge in [-0.05, 0) is 35.9 Å². The lowest BCUT2D eigenvalue weighted by Crippen LogP contribution is -2.14. The van der Waals surface area contributed by atoms with Crippen LogP contribution in [0.2, 0.25) is 0 Å². The Kier molecular flexibility index (Phi) is 3.97. The molecule has 0 spiro atoms. The van der Waals surface area contributed by atoms with Gasteiger partial charge in [-0.15, -0.1) is 5.10 Å². The molecule has 2 aromatic carbocycles. The van der Waals surface area contributed by atoms with Crippen LogP contribution in [0.3, 0.4) is 0 Å². The first kappa shape index (κ1) is 16.4. The van der Waals surface area contributed by atoms with Gasteiger partial charge in [0.25, 0.3) is 0 Å². The summed E-state index contributed by atoms with van der Waals surface area (Å²) in [5, 5.41) is 11.6. The first-order chi connectivity index (χ1) is 13.8. The maximum Gasteiger partial charge on any atom is 0.238 e. The van der Waals surface area contributed by atoms with Gasteiger partial charge in [-0.2, -0.15) is 0 Å². The number of ether oxygens (including phenoxy) is 1. The lowest BCUT2D eigenvalue weighted by molar-refractivity contribution is -0.116. The lowest BCUT2D eigenvalue weighted by Gasteiger charge is -2.11. The van der Waals surface area contributed by atoms with E-state index < -0.39 is 0 Å². The average molecular weight is 371 g/mol. The Morgan fingerprint density at radius 1 is 1.11 bits per heavy atom. The Bertz CT molecular complexity index is 1160. The van der Waals surface area contributed by atoms with Crippen molar-refractivity contribution in [3.63, 3.8) is 0 Å². The molecule has 0 radical (unpaired) electrons. The van der Waals surface area contributed by atoms with Gasteiger partial charge >= 0.3 is 0 Å². The number of hydrogen-bond donors (Lipinski definition) is 1. The van der Waals surface area contributed by atoms with Crippen LogP contribution in [0.1, 0.15) is 17.2 Å². The summed E-state index contributed by atoms with van der Waals surface area (Å²) in [6, 6.07) is 17.4. The summed E-state index contributed by atoms with van der Waals surface area (Å²) >= 11 is 0. The predicted molar refractivity (Wildman–Crippen MR) is 104 cm³/mol. The van der Waals surface area contributed by atoms with E-state index in [-0.39, 0.29) is 11.8 Å². The van der Waals surface area contributed by atoms with Crippen LogP contribution >= 0.6 is 0 Å². The fraction of sp³-hybridized carbons (Fsp3) is 0.143. The van der Waals surface area contributed by atoms with Crippen LogP contribution in [-0.4, -0.2) is 32.5 Å². The number of carbonyl (C=O) groups is 1. The van der Waals surface area contributed by atoms with Crippen molar-refractivity contribution in [3.8, 4) is 5.75 Å². The van der Waals surface area contributed by atoms with Crippen LogP contribution in [0.25, 0.3) is 10.9 Å². The Morgan fingerprint density at radius 3 is 2.93 bits per heavy atom. The van der Waals surface area contributed by atoms with Gasteiger partial charge in [-0.1, -0.05) is 29.5 Å². The van der Waals surface area contributed by atoms with Gasteiger partial charge in [-0.3, -0.25) is 9.78 Å². The van der Waals surface area contributed by atoms with E-state index in [9.17, 15) is 4.79 Å². The summed E-state index contributed by atoms with van der Waals surface area (Å²) in [7, 11) is 0. The Hall–Kier alpha value is -3.74. The van der Waals surface area contributed by atoms with E-state index in [1.807, 2.05) is 54.6 Å². The molecule has 0 saturated heterocycles. The number of amides is 1. The third-order valence-corrected chi connectivity index (χ3v) is 4.83. The van der Waals surface area contributed by atoms with Crippen LogP contribution < -0.4 is 10.1 Å². The molecule has 3 heterocycles. The van der Waals surface area contributed by atoms with Gasteiger partial charge in [-0.25, -0.2) is 4.68 Å². The van der Waals surface area contributed by atoms with E-state index >= 15 is 0 Å². The fourth-order valence-corrected chi connectivity index (χ4v) is 3.48. The average Bonchev–Trinajstić information content (AvgIpc) is 3.34. The topological polar surface area (TPSA) is 81.9 Å². The van der Waals surface area contributed by atoms with Crippen LogP contribution in [0.4, 0.5) is 5.69 Å². The number of aromatic nitrogens is 4. The van der Waals surface area contributed by atoms with Crippen molar-refractivity contribution in [1.82, 2.24) is 20.0 Å². The number of rotatable bonds is 5. The van der Waals surface area contributed by atoms with E-state index in [2.05, 4.69) is 15.6 Å². The molecule has 2 aromatic heterocycles. The third-order valence-electron chi connectivity index (χ3n) is 4.83. The standard InChI is InChI=1S/C21H17N5O2/c27-21-20(16-3-1-2-4-18(16)24-21)19-7-5-14-13-15(6-8-17(14)23-19)28-12-11-26-10-9-22-25-26/h1-10,13,20H,11-12H2,(H,24,27). The maximum absolute atomic E-state index is 12.5. The second-order valence-electron chi connectivity index (χ2n) is 6.61. The molecule has 1 atom stereocenters. The van der Waals surface area contributed by atoms with Crippen LogP contribution in [0.15, 0.2) is 67.0 Å². The Labute approximate surface area is 161 Å². The van der Waals surface area contributed by atoms with Crippen LogP contribution in [-0.2, 0) is 11.3 Å². The molecule has 0 aliphatic carbocycles. The van der Waals surface area contributed by atoms with Crippen molar-refractivity contribution in [1.29, 1.82) is 0 Å². The molecule has 0 saturated carbocycles. The maximum atomic E-state index is 12.5. The minimum absolute atomic E-state index is 0.0406. The normalized spacial score (nSPS) is 15.4. The minimum Gasteiger partial charge on any atom is -0.492 e. The number of nitrogens with one attached hydrogen (secondary N) is 1. The van der Waals surface area contributed by atoms with Gasteiger partial charge < -0.3 is 10.1 Å². The number of benzene rings is 2. The van der Waals surface area contributed by atoms with E-state index in [0.29, 0.717) is 13.2 Å². The molecule has 28 heavy (non-hydrogen) atoms. The number of hydrogen-bond acceptors (Lipinski definition) is 5. The molecule has 0 bridgehead atoms. The van der Waals surface area contributed by atoms with E-state index in [4.69, 9.17) is 9.72 Å². The molecular formula is C21H17N5O2. The summed E-state index contributed by atoms with van der Waals surface area (Å²) in [5.74, 6) is 0.353. The molecule has 1 amide bonds. The molecular weight excluding hydrogens is 354 g/mol. The van der Waals surface area contributed by atoms with Gasteiger partial charge in [0.1, 0.15) is 18.3 Å². The zero-order valence-electron chi connectivity index (χ0n) is 14.9. The largest absolute Gasteiger partial charge is 0.492 e. The van der Waals surface area contributed by atoms with Gasteiger partial charge in [0.05, 0.1) is 24.0 Å². The summed E-state index contributed by atoms with van der Waals surface area (Å²) < 4.78 is 7.52. The molecule has 7 nitrogen and oxygen atoms in total. The molecule has 1 aliphatic rings. The summed E-state index contributed by atoms with van der Waals surface area (Å²) in [6.07, 6.45) is 3.44. The van der Waals surface area contributed by atoms with Crippen LogP contribution in [0, 0.1) is 0 Å². The number of nitrogens with zero attached hydrogens (tertiary/aromatic N) is 4. The molecule has 1 N–H and O–H groups in total. The lowest BCUT2D eigenvalue weighted by atomic mass is 9.96. The second-order valence-corrected chi connectivity index (χ2v) is 6.61. The SMILES string of the molecule is O=C1Nc2ccccc2C1c1ccc2cc(OCCn3ccnn3)ccc2n1. The van der Waals surface area contributed by atoms with Gasteiger partial charge in [0.15, 0.2) is 0 Å². The molecule has 0 fully saturated rings. The van der Waals surface area contributed by atoms with E-state index in [1.165, 1.54) is 0 Å². The second kappa shape index (κ2) is 6.77. The van der Waals surface area contributed by atoms with Crippen LogP contribution in [0.5, 0.6) is 5.75 Å². The monoisotopic (exact) mass is 371 g/mol. The highest BCUT2D eigenvalue weighted by atomic mass is 16.5. The third kappa shape index (κ3) is 2.96. The summed E-state index contributed by atoms with van der Waals surface area (Å²) in [4.78, 5) is 17.2. The van der Waals surface area contributed by atoms with Crippen molar-refractivity contribution in [2.75, 3.05) is 11.9 Å². The highest BCUT2D eigenvalue weighted by Crippen LogP contribution is 2.36. The summed E-state index contributed by atoms with van der Waals surface area (Å²) in [6.45, 7) is 1.13. The van der Waals surface area contributed by atoms with Gasteiger partial charge in [0, 0.05) is 17.3 Å². The quantitative estimate of drug-likeness (QED) is 0.583. The fourth-order valence-electron chi connectivity index (χ4n) is 3.48. The molecule has 1 aliphatic heterocycles. The molecule has 1 unspecified atom stereocenters.